The molecule has 228 valence electrons. The first-order valence-corrected chi connectivity index (χ1v) is 15.2. The van der Waals surface area contributed by atoms with E-state index in [2.05, 4.69) is 9.47 Å². The van der Waals surface area contributed by atoms with E-state index in [9.17, 15) is 9.18 Å². The average molecular weight is 619 g/mol. The number of fused-ring (bicyclic) bond motifs is 2. The van der Waals surface area contributed by atoms with Crippen LogP contribution in [0.3, 0.4) is 0 Å². The molecule has 0 saturated carbocycles. The molecule has 2 aliphatic rings. The number of furan rings is 1. The lowest BCUT2D eigenvalue weighted by Gasteiger charge is -2.32. The molecule has 5 heterocycles. The van der Waals surface area contributed by atoms with Gasteiger partial charge in [0.2, 0.25) is 5.88 Å². The van der Waals surface area contributed by atoms with Crippen molar-refractivity contribution in [2.45, 2.75) is 51.0 Å². The number of rotatable bonds is 9. The number of hydrogen-bond donors (Lipinski definition) is 0. The van der Waals surface area contributed by atoms with Crippen molar-refractivity contribution < 1.29 is 27.8 Å². The maximum Gasteiger partial charge on any atom is 0.337 e. The van der Waals surface area contributed by atoms with Crippen molar-refractivity contribution in [2.75, 3.05) is 26.8 Å². The molecule has 2 aliphatic heterocycles. The Kier molecular flexibility index (Phi) is 7.97. The van der Waals surface area contributed by atoms with Crippen molar-refractivity contribution in [3.8, 4) is 5.88 Å². The molecular formula is C33H32ClFN4O5. The van der Waals surface area contributed by atoms with Gasteiger partial charge in [0.25, 0.3) is 6.01 Å². The van der Waals surface area contributed by atoms with Crippen LogP contribution in [0.4, 0.5) is 4.39 Å². The molecule has 0 unspecified atom stereocenters. The zero-order valence-electron chi connectivity index (χ0n) is 24.3. The maximum absolute atomic E-state index is 13.7. The standard InChI is InChI=1S/C33H32ClFN4O5/c1-41-33(40)21-6-8-27-28(15-21)39(17-23-11-14-42-23)30(36-27)18-38-12-9-20(10-13-38)26-3-2-4-31(37-26)43-19-22-5-7-25(34)24-16-29(35)44-32(22)24/h2-8,15-16,20,23H,9-14,17-19H2,1H3/t23-/m0/s1. The van der Waals surface area contributed by atoms with E-state index in [0.717, 1.165) is 61.5 Å². The third kappa shape index (κ3) is 5.77. The van der Waals surface area contributed by atoms with Crippen LogP contribution in [0.5, 0.6) is 5.88 Å². The number of likely N-dealkylation sites (tertiary alicyclic amines) is 1. The van der Waals surface area contributed by atoms with Gasteiger partial charge in [-0.15, -0.1) is 0 Å². The Balaban J connectivity index is 1.01. The normalized spacial score (nSPS) is 17.7. The minimum atomic E-state index is -0.682. The molecule has 0 spiro atoms. The summed E-state index contributed by atoms with van der Waals surface area (Å²) in [5, 5.41) is 0.955. The minimum Gasteiger partial charge on any atom is -0.473 e. The topological polar surface area (TPSA) is 91.9 Å². The Labute approximate surface area is 258 Å². The molecule has 11 heteroatoms. The fraction of sp³-hybridized carbons (Fsp3) is 0.364. The summed E-state index contributed by atoms with van der Waals surface area (Å²) in [6.07, 6.45) is 3.09. The van der Waals surface area contributed by atoms with E-state index in [-0.39, 0.29) is 18.7 Å². The second-order valence-electron chi connectivity index (χ2n) is 11.4. The minimum absolute atomic E-state index is 0.158. The molecule has 2 fully saturated rings. The molecule has 44 heavy (non-hydrogen) atoms. The highest BCUT2D eigenvalue weighted by Crippen LogP contribution is 2.32. The summed E-state index contributed by atoms with van der Waals surface area (Å²) < 4.78 is 37.8. The number of imidazole rings is 1. The summed E-state index contributed by atoms with van der Waals surface area (Å²) >= 11 is 6.19. The Hall–Kier alpha value is -3.99. The van der Waals surface area contributed by atoms with E-state index in [1.807, 2.05) is 30.3 Å². The number of benzene rings is 2. The Morgan fingerprint density at radius 2 is 1.93 bits per heavy atom. The third-order valence-corrected chi connectivity index (χ3v) is 8.93. The van der Waals surface area contributed by atoms with Crippen LogP contribution in [0.1, 0.15) is 52.6 Å². The lowest BCUT2D eigenvalue weighted by molar-refractivity contribution is -0.0592. The number of aromatic nitrogens is 3. The SMILES string of the molecule is COC(=O)c1ccc2nc(CN3CCC(c4cccc(OCc5ccc(Cl)c6cc(F)oc56)n4)CC3)n(C[C@@H]3CCO3)c2c1. The zero-order chi connectivity index (χ0) is 30.2. The van der Waals surface area contributed by atoms with Crippen molar-refractivity contribution in [1.29, 1.82) is 0 Å². The predicted molar refractivity (Wildman–Crippen MR) is 162 cm³/mol. The predicted octanol–water partition coefficient (Wildman–Crippen LogP) is 6.50. The van der Waals surface area contributed by atoms with Crippen LogP contribution in [-0.4, -0.2) is 58.3 Å². The third-order valence-electron chi connectivity index (χ3n) is 8.60. The molecule has 7 rings (SSSR count). The van der Waals surface area contributed by atoms with Gasteiger partial charge in [-0.3, -0.25) is 4.90 Å². The molecule has 0 bridgehead atoms. The number of carbonyl (C=O) groups is 1. The van der Waals surface area contributed by atoms with Crippen LogP contribution in [0.2, 0.25) is 5.02 Å². The van der Waals surface area contributed by atoms with Crippen molar-refractivity contribution in [3.63, 3.8) is 0 Å². The first-order valence-electron chi connectivity index (χ1n) is 14.8. The van der Waals surface area contributed by atoms with E-state index in [0.29, 0.717) is 52.0 Å². The molecule has 9 nitrogen and oxygen atoms in total. The first kappa shape index (κ1) is 28.8. The number of nitrogens with zero attached hydrogens (tertiary/aromatic N) is 4. The van der Waals surface area contributed by atoms with Gasteiger partial charge in [0.05, 0.1) is 47.9 Å². The van der Waals surface area contributed by atoms with Crippen LogP contribution >= 0.6 is 11.6 Å². The van der Waals surface area contributed by atoms with E-state index >= 15 is 0 Å². The Morgan fingerprint density at radius 1 is 1.09 bits per heavy atom. The number of carbonyl (C=O) groups excluding carboxylic acids is 1. The molecule has 1 atom stereocenters. The van der Waals surface area contributed by atoms with E-state index < -0.39 is 6.01 Å². The molecule has 0 amide bonds. The van der Waals surface area contributed by atoms with Gasteiger partial charge in [0.1, 0.15) is 18.0 Å². The summed E-state index contributed by atoms with van der Waals surface area (Å²) in [5.74, 6) is 1.43. The van der Waals surface area contributed by atoms with Crippen LogP contribution in [-0.2, 0) is 29.2 Å². The number of hydrogen-bond acceptors (Lipinski definition) is 8. The molecule has 2 saturated heterocycles. The molecule has 0 radical (unpaired) electrons. The van der Waals surface area contributed by atoms with Gasteiger partial charge >= 0.3 is 5.97 Å². The number of methoxy groups -OCH3 is 1. The van der Waals surface area contributed by atoms with Gasteiger partial charge in [-0.25, -0.2) is 14.8 Å². The number of halogens is 2. The Morgan fingerprint density at radius 3 is 2.70 bits per heavy atom. The summed E-state index contributed by atoms with van der Waals surface area (Å²) in [6, 6.07) is 15.4. The number of pyridine rings is 1. The molecule has 5 aromatic rings. The lowest BCUT2D eigenvalue weighted by Crippen LogP contribution is -2.35. The number of piperidine rings is 1. The molecule has 0 aliphatic carbocycles. The molecule has 0 N–H and O–H groups in total. The smallest absolute Gasteiger partial charge is 0.337 e. The summed E-state index contributed by atoms with van der Waals surface area (Å²) in [5.41, 5.74) is 4.38. The quantitative estimate of drug-likeness (QED) is 0.173. The van der Waals surface area contributed by atoms with Crippen molar-refractivity contribution in [2.24, 2.45) is 0 Å². The largest absolute Gasteiger partial charge is 0.473 e. The molecular weight excluding hydrogens is 587 g/mol. The Bertz CT molecular complexity index is 1830. The maximum atomic E-state index is 13.7. The van der Waals surface area contributed by atoms with Gasteiger partial charge in [0, 0.05) is 41.3 Å². The van der Waals surface area contributed by atoms with Crippen LogP contribution < -0.4 is 4.74 Å². The van der Waals surface area contributed by atoms with Crippen LogP contribution in [0, 0.1) is 6.01 Å². The van der Waals surface area contributed by atoms with Gasteiger partial charge in [0.15, 0.2) is 0 Å². The van der Waals surface area contributed by atoms with E-state index in [1.165, 1.54) is 13.2 Å². The highest BCUT2D eigenvalue weighted by atomic mass is 35.5. The van der Waals surface area contributed by atoms with Gasteiger partial charge in [-0.2, -0.15) is 4.39 Å². The van der Waals surface area contributed by atoms with Crippen molar-refractivity contribution in [1.82, 2.24) is 19.4 Å². The fourth-order valence-electron chi connectivity index (χ4n) is 6.08. The zero-order valence-corrected chi connectivity index (χ0v) is 25.1. The monoisotopic (exact) mass is 618 g/mol. The highest BCUT2D eigenvalue weighted by molar-refractivity contribution is 6.35. The number of esters is 1. The fourth-order valence-corrected chi connectivity index (χ4v) is 6.28. The van der Waals surface area contributed by atoms with Gasteiger partial charge < -0.3 is 23.2 Å². The average Bonchev–Trinajstić information content (AvgIpc) is 3.58. The first-order chi connectivity index (χ1) is 21.4. The van der Waals surface area contributed by atoms with Crippen LogP contribution in [0.25, 0.3) is 22.0 Å². The molecule has 3 aromatic heterocycles. The van der Waals surface area contributed by atoms with Gasteiger partial charge in [-0.1, -0.05) is 23.7 Å². The lowest BCUT2D eigenvalue weighted by atomic mass is 9.93. The van der Waals surface area contributed by atoms with E-state index in [4.69, 9.17) is 40.2 Å². The van der Waals surface area contributed by atoms with Crippen molar-refractivity contribution in [3.05, 3.63) is 88.3 Å². The molecule has 2 aromatic carbocycles. The number of ether oxygens (including phenoxy) is 3. The highest BCUT2D eigenvalue weighted by Gasteiger charge is 2.26. The van der Waals surface area contributed by atoms with Gasteiger partial charge in [-0.05, 0) is 62.7 Å². The van der Waals surface area contributed by atoms with Crippen LogP contribution in [0.15, 0.2) is 59.0 Å². The summed E-state index contributed by atoms with van der Waals surface area (Å²) in [7, 11) is 1.39. The van der Waals surface area contributed by atoms with Crippen molar-refractivity contribution >= 4 is 39.6 Å². The second kappa shape index (κ2) is 12.2. The van der Waals surface area contributed by atoms with E-state index in [1.54, 1.807) is 18.2 Å². The second-order valence-corrected chi connectivity index (χ2v) is 11.8. The summed E-state index contributed by atoms with van der Waals surface area (Å²) in [4.78, 5) is 24.4. The summed E-state index contributed by atoms with van der Waals surface area (Å²) in [6.45, 7) is 4.19.